The minimum Gasteiger partial charge on any atom is -0.465 e. The number of benzene rings is 2. The SMILES string of the molecule is COC(=O)c1cccc(NC(=O)c2[nH]c3cc(C)ccc3c2C)c1. The van der Waals surface area contributed by atoms with Gasteiger partial charge in [0.1, 0.15) is 5.69 Å². The normalized spacial score (nSPS) is 10.6. The number of carbonyl (C=O) groups is 2. The number of aromatic amines is 1. The van der Waals surface area contributed by atoms with Gasteiger partial charge >= 0.3 is 5.97 Å². The Kier molecular flexibility index (Phi) is 4.08. The number of carbonyl (C=O) groups excluding carboxylic acids is 2. The summed E-state index contributed by atoms with van der Waals surface area (Å²) in [6, 6.07) is 12.7. The van der Waals surface area contributed by atoms with E-state index < -0.39 is 5.97 Å². The van der Waals surface area contributed by atoms with Crippen molar-refractivity contribution in [3.8, 4) is 0 Å². The number of hydrogen-bond donors (Lipinski definition) is 2. The predicted molar refractivity (Wildman–Crippen MR) is 93.5 cm³/mol. The Hall–Kier alpha value is -3.08. The van der Waals surface area contributed by atoms with Crippen LogP contribution in [0, 0.1) is 13.8 Å². The van der Waals surface area contributed by atoms with E-state index in [9.17, 15) is 9.59 Å². The number of rotatable bonds is 3. The first-order valence-electron chi connectivity index (χ1n) is 7.58. The maximum absolute atomic E-state index is 12.6. The molecule has 3 aromatic rings. The van der Waals surface area contributed by atoms with E-state index in [-0.39, 0.29) is 5.91 Å². The minimum atomic E-state index is -0.441. The molecule has 5 nitrogen and oxygen atoms in total. The molecule has 2 aromatic carbocycles. The number of esters is 1. The van der Waals surface area contributed by atoms with Crippen LogP contribution in [0.4, 0.5) is 5.69 Å². The smallest absolute Gasteiger partial charge is 0.337 e. The predicted octanol–water partition coefficient (Wildman–Crippen LogP) is 3.82. The summed E-state index contributed by atoms with van der Waals surface area (Å²) in [5.41, 5.74) is 4.39. The molecular formula is C19H18N2O3. The lowest BCUT2D eigenvalue weighted by molar-refractivity contribution is 0.0600. The number of ether oxygens (including phenoxy) is 1. The minimum absolute atomic E-state index is 0.247. The number of amides is 1. The number of hydrogen-bond acceptors (Lipinski definition) is 3. The van der Waals surface area contributed by atoms with Gasteiger partial charge in [-0.15, -0.1) is 0 Å². The molecule has 0 atom stereocenters. The fourth-order valence-electron chi connectivity index (χ4n) is 2.71. The Bertz CT molecular complexity index is 941. The van der Waals surface area contributed by atoms with E-state index in [1.165, 1.54) is 7.11 Å². The molecule has 0 aliphatic carbocycles. The monoisotopic (exact) mass is 322 g/mol. The summed E-state index contributed by atoms with van der Waals surface area (Å²) in [5.74, 6) is -0.688. The molecule has 5 heteroatoms. The number of aryl methyl sites for hydroxylation is 2. The van der Waals surface area contributed by atoms with Crippen molar-refractivity contribution >= 4 is 28.5 Å². The van der Waals surface area contributed by atoms with Crippen molar-refractivity contribution in [2.24, 2.45) is 0 Å². The standard InChI is InChI=1S/C19H18N2O3/c1-11-7-8-15-12(2)17(21-16(15)9-11)18(22)20-14-6-4-5-13(10-14)19(23)24-3/h4-10,21H,1-3H3,(H,20,22). The Labute approximate surface area is 139 Å². The van der Waals surface area contributed by atoms with Crippen LogP contribution >= 0.6 is 0 Å². The second-order valence-corrected chi connectivity index (χ2v) is 5.70. The first-order valence-corrected chi connectivity index (χ1v) is 7.58. The third kappa shape index (κ3) is 2.88. The van der Waals surface area contributed by atoms with Crippen molar-refractivity contribution in [3.05, 3.63) is 64.8 Å². The van der Waals surface area contributed by atoms with Crippen LogP contribution in [0.15, 0.2) is 42.5 Å². The van der Waals surface area contributed by atoms with Gasteiger partial charge in [-0.05, 0) is 49.2 Å². The van der Waals surface area contributed by atoms with E-state index in [1.807, 2.05) is 32.0 Å². The molecule has 0 saturated heterocycles. The molecule has 3 rings (SSSR count). The molecule has 122 valence electrons. The molecule has 0 unspecified atom stereocenters. The maximum Gasteiger partial charge on any atom is 0.337 e. The highest BCUT2D eigenvalue weighted by molar-refractivity contribution is 6.08. The van der Waals surface area contributed by atoms with Crippen LogP contribution in [0.1, 0.15) is 32.0 Å². The topological polar surface area (TPSA) is 71.2 Å². The number of aromatic nitrogens is 1. The van der Waals surface area contributed by atoms with Crippen molar-refractivity contribution in [3.63, 3.8) is 0 Å². The number of nitrogens with one attached hydrogen (secondary N) is 2. The van der Waals surface area contributed by atoms with E-state index in [0.717, 1.165) is 22.0 Å². The lowest BCUT2D eigenvalue weighted by atomic mass is 10.1. The second-order valence-electron chi connectivity index (χ2n) is 5.70. The number of methoxy groups -OCH3 is 1. The molecule has 0 saturated carbocycles. The lowest BCUT2D eigenvalue weighted by Gasteiger charge is -2.06. The van der Waals surface area contributed by atoms with E-state index in [4.69, 9.17) is 4.74 Å². The third-order valence-corrected chi connectivity index (χ3v) is 3.98. The quantitative estimate of drug-likeness (QED) is 0.720. The van der Waals surface area contributed by atoms with Crippen LogP contribution in [0.3, 0.4) is 0 Å². The average Bonchev–Trinajstić information content (AvgIpc) is 2.90. The van der Waals surface area contributed by atoms with Gasteiger partial charge in [0.2, 0.25) is 0 Å². The van der Waals surface area contributed by atoms with E-state index in [0.29, 0.717) is 16.9 Å². The maximum atomic E-state index is 12.6. The Morgan fingerprint density at radius 1 is 1.08 bits per heavy atom. The van der Waals surface area contributed by atoms with E-state index in [2.05, 4.69) is 10.3 Å². The second kappa shape index (κ2) is 6.20. The number of H-pyrrole nitrogens is 1. The van der Waals surface area contributed by atoms with Crippen LogP contribution in [0.5, 0.6) is 0 Å². The summed E-state index contributed by atoms with van der Waals surface area (Å²) in [5, 5.41) is 3.84. The summed E-state index contributed by atoms with van der Waals surface area (Å²) in [4.78, 5) is 27.3. The fraction of sp³-hybridized carbons (Fsp3) is 0.158. The average molecular weight is 322 g/mol. The zero-order valence-corrected chi connectivity index (χ0v) is 13.8. The molecule has 1 amide bonds. The van der Waals surface area contributed by atoms with Crippen LogP contribution in [0.25, 0.3) is 10.9 Å². The Morgan fingerprint density at radius 2 is 1.88 bits per heavy atom. The summed E-state index contributed by atoms with van der Waals surface area (Å²) in [7, 11) is 1.32. The highest BCUT2D eigenvalue weighted by Crippen LogP contribution is 2.23. The summed E-state index contributed by atoms with van der Waals surface area (Å²) < 4.78 is 4.69. The van der Waals surface area contributed by atoms with Crippen molar-refractivity contribution < 1.29 is 14.3 Å². The molecule has 0 spiro atoms. The molecule has 0 aliphatic rings. The molecular weight excluding hydrogens is 304 g/mol. The molecule has 24 heavy (non-hydrogen) atoms. The van der Waals surface area contributed by atoms with Crippen molar-refractivity contribution in [2.45, 2.75) is 13.8 Å². The summed E-state index contributed by atoms with van der Waals surface area (Å²) in [6.45, 7) is 3.92. The zero-order chi connectivity index (χ0) is 17.3. The molecule has 1 heterocycles. The van der Waals surface area contributed by atoms with Crippen LogP contribution in [-0.2, 0) is 4.74 Å². The van der Waals surface area contributed by atoms with Crippen molar-refractivity contribution in [1.82, 2.24) is 4.98 Å². The van der Waals surface area contributed by atoms with Gasteiger partial charge in [0.25, 0.3) is 5.91 Å². The molecule has 0 radical (unpaired) electrons. The zero-order valence-electron chi connectivity index (χ0n) is 13.8. The highest BCUT2D eigenvalue weighted by Gasteiger charge is 2.15. The molecule has 1 aromatic heterocycles. The molecule has 0 aliphatic heterocycles. The van der Waals surface area contributed by atoms with Gasteiger partial charge in [0.15, 0.2) is 0 Å². The van der Waals surface area contributed by atoms with Gasteiger partial charge in [-0.2, -0.15) is 0 Å². The summed E-state index contributed by atoms with van der Waals surface area (Å²) in [6.07, 6.45) is 0. The highest BCUT2D eigenvalue weighted by atomic mass is 16.5. The lowest BCUT2D eigenvalue weighted by Crippen LogP contribution is -2.14. The molecule has 2 N–H and O–H groups in total. The molecule has 0 bridgehead atoms. The molecule has 0 fully saturated rings. The van der Waals surface area contributed by atoms with E-state index in [1.54, 1.807) is 24.3 Å². The third-order valence-electron chi connectivity index (χ3n) is 3.98. The fourth-order valence-corrected chi connectivity index (χ4v) is 2.71. The summed E-state index contributed by atoms with van der Waals surface area (Å²) >= 11 is 0. The largest absolute Gasteiger partial charge is 0.465 e. The van der Waals surface area contributed by atoms with Gasteiger partial charge in [0.05, 0.1) is 12.7 Å². The van der Waals surface area contributed by atoms with Crippen LogP contribution in [-0.4, -0.2) is 24.0 Å². The Balaban J connectivity index is 1.90. The van der Waals surface area contributed by atoms with Gasteiger partial charge in [-0.3, -0.25) is 4.79 Å². The van der Waals surface area contributed by atoms with Gasteiger partial charge in [0, 0.05) is 16.6 Å². The van der Waals surface area contributed by atoms with E-state index >= 15 is 0 Å². The van der Waals surface area contributed by atoms with Crippen LogP contribution < -0.4 is 5.32 Å². The van der Waals surface area contributed by atoms with Gasteiger partial charge in [-0.1, -0.05) is 18.2 Å². The first kappa shape index (κ1) is 15.8. The van der Waals surface area contributed by atoms with Crippen LogP contribution in [0.2, 0.25) is 0 Å². The first-order chi connectivity index (χ1) is 11.5. The number of fused-ring (bicyclic) bond motifs is 1. The van der Waals surface area contributed by atoms with Gasteiger partial charge in [-0.25, -0.2) is 4.79 Å². The van der Waals surface area contributed by atoms with Crippen molar-refractivity contribution in [2.75, 3.05) is 12.4 Å². The van der Waals surface area contributed by atoms with Crippen molar-refractivity contribution in [1.29, 1.82) is 0 Å². The number of anilines is 1. The Morgan fingerprint density at radius 3 is 2.62 bits per heavy atom. The van der Waals surface area contributed by atoms with Gasteiger partial charge < -0.3 is 15.0 Å².